The van der Waals surface area contributed by atoms with Crippen molar-refractivity contribution < 1.29 is 0 Å². The summed E-state index contributed by atoms with van der Waals surface area (Å²) < 4.78 is 0. The zero-order valence-corrected chi connectivity index (χ0v) is 36.5. The van der Waals surface area contributed by atoms with Crippen molar-refractivity contribution in [3.8, 4) is 66.8 Å². The molecule has 1 aliphatic carbocycles. The highest BCUT2D eigenvalue weighted by Crippen LogP contribution is 2.54. The van der Waals surface area contributed by atoms with Gasteiger partial charge in [-0.15, -0.1) is 0 Å². The Hall–Kier alpha value is -8.20. The minimum atomic E-state index is -0.0588. The molecule has 2 nitrogen and oxygen atoms in total. The van der Waals surface area contributed by atoms with Gasteiger partial charge in [0.15, 0.2) is 0 Å². The molecule has 65 heavy (non-hydrogen) atoms. The van der Waals surface area contributed by atoms with Crippen LogP contribution < -0.4 is 9.80 Å². The fourth-order valence-corrected chi connectivity index (χ4v) is 10.3. The first-order valence-electron chi connectivity index (χ1n) is 22.6. The zero-order chi connectivity index (χ0) is 43.5. The van der Waals surface area contributed by atoms with Gasteiger partial charge in [-0.1, -0.05) is 190 Å². The van der Waals surface area contributed by atoms with Crippen molar-refractivity contribution in [3.05, 3.63) is 254 Å². The number of rotatable bonds is 7. The normalized spacial score (nSPS) is 12.9. The monoisotopic (exact) mass is 830 g/mol. The second kappa shape index (κ2) is 15.6. The molecule has 0 amide bonds. The van der Waals surface area contributed by atoms with Crippen LogP contribution in [0, 0.1) is 0 Å². The molecule has 0 atom stereocenters. The summed E-state index contributed by atoms with van der Waals surface area (Å²) in [6.07, 6.45) is 0. The van der Waals surface area contributed by atoms with Crippen LogP contribution >= 0.6 is 0 Å². The number of hydrogen-bond acceptors (Lipinski definition) is 2. The van der Waals surface area contributed by atoms with E-state index < -0.39 is 0 Å². The maximum absolute atomic E-state index is 2.48. The largest absolute Gasteiger partial charge is 0.311 e. The molecule has 1 aliphatic heterocycles. The molecule has 0 aromatic heterocycles. The summed E-state index contributed by atoms with van der Waals surface area (Å²) in [5.74, 6) is 0. The van der Waals surface area contributed by atoms with Crippen LogP contribution in [0.4, 0.5) is 34.1 Å². The van der Waals surface area contributed by atoms with Crippen molar-refractivity contribution in [1.82, 2.24) is 0 Å². The maximum atomic E-state index is 2.48. The van der Waals surface area contributed by atoms with E-state index in [0.29, 0.717) is 0 Å². The van der Waals surface area contributed by atoms with Crippen LogP contribution in [0.15, 0.2) is 243 Å². The zero-order valence-electron chi connectivity index (χ0n) is 36.5. The minimum absolute atomic E-state index is 0.0588. The molecule has 0 saturated heterocycles. The fraction of sp³-hybridized carbons (Fsp3) is 0.0476. The van der Waals surface area contributed by atoms with Crippen molar-refractivity contribution in [2.75, 3.05) is 9.80 Å². The highest BCUT2D eigenvalue weighted by atomic mass is 15.2. The molecule has 0 N–H and O–H groups in total. The average molecular weight is 831 g/mol. The molecule has 0 spiro atoms. The Labute approximate surface area is 382 Å². The van der Waals surface area contributed by atoms with Gasteiger partial charge < -0.3 is 9.80 Å². The second-order valence-corrected chi connectivity index (χ2v) is 17.7. The molecule has 308 valence electrons. The number of hydrogen-bond donors (Lipinski definition) is 0. The van der Waals surface area contributed by atoms with Gasteiger partial charge in [0.25, 0.3) is 0 Å². The van der Waals surface area contributed by atoms with E-state index in [1.807, 2.05) is 0 Å². The summed E-state index contributed by atoms with van der Waals surface area (Å²) >= 11 is 0. The Bertz CT molecular complexity index is 3280. The van der Waals surface area contributed by atoms with Crippen LogP contribution in [-0.2, 0) is 5.41 Å². The highest BCUT2D eigenvalue weighted by Gasteiger charge is 2.36. The van der Waals surface area contributed by atoms with Gasteiger partial charge in [0.1, 0.15) is 0 Å². The molecular formula is C63H46N2. The molecule has 2 aliphatic rings. The van der Waals surface area contributed by atoms with Gasteiger partial charge in [-0.05, 0) is 133 Å². The molecule has 0 radical (unpaired) electrons. The van der Waals surface area contributed by atoms with E-state index in [1.165, 1.54) is 78.0 Å². The predicted octanol–water partition coefficient (Wildman–Crippen LogP) is 17.6. The number of nitrogens with zero attached hydrogens (tertiary/aromatic N) is 2. The van der Waals surface area contributed by atoms with E-state index in [9.17, 15) is 0 Å². The first-order chi connectivity index (χ1) is 32.0. The Kier molecular flexibility index (Phi) is 9.21. The van der Waals surface area contributed by atoms with Crippen LogP contribution in [0.2, 0.25) is 0 Å². The highest BCUT2D eigenvalue weighted by molar-refractivity contribution is 6.04. The lowest BCUT2D eigenvalue weighted by molar-refractivity contribution is 0.660. The lowest BCUT2D eigenvalue weighted by Crippen LogP contribution is -2.15. The van der Waals surface area contributed by atoms with E-state index in [2.05, 4.69) is 266 Å². The molecular weight excluding hydrogens is 785 g/mol. The molecule has 10 aromatic rings. The Balaban J connectivity index is 0.954. The van der Waals surface area contributed by atoms with Gasteiger partial charge in [0, 0.05) is 39.3 Å². The molecule has 10 aromatic carbocycles. The Morgan fingerprint density at radius 2 is 0.708 bits per heavy atom. The summed E-state index contributed by atoms with van der Waals surface area (Å²) in [6, 6.07) is 88.9. The van der Waals surface area contributed by atoms with Gasteiger partial charge in [0.2, 0.25) is 0 Å². The van der Waals surface area contributed by atoms with Crippen LogP contribution in [0.1, 0.15) is 25.0 Å². The van der Waals surface area contributed by atoms with Crippen LogP contribution in [0.3, 0.4) is 0 Å². The van der Waals surface area contributed by atoms with Gasteiger partial charge in [-0.3, -0.25) is 0 Å². The van der Waals surface area contributed by atoms with Gasteiger partial charge in [-0.2, -0.15) is 0 Å². The van der Waals surface area contributed by atoms with E-state index >= 15 is 0 Å². The van der Waals surface area contributed by atoms with E-state index in [1.54, 1.807) is 0 Å². The molecule has 0 fully saturated rings. The smallest absolute Gasteiger partial charge is 0.0540 e. The van der Waals surface area contributed by atoms with Crippen molar-refractivity contribution in [2.45, 2.75) is 19.3 Å². The summed E-state index contributed by atoms with van der Waals surface area (Å²) in [7, 11) is 0. The van der Waals surface area contributed by atoms with E-state index in [-0.39, 0.29) is 5.41 Å². The van der Waals surface area contributed by atoms with Crippen molar-refractivity contribution >= 4 is 34.1 Å². The number of fused-ring (bicyclic) bond motifs is 8. The number of para-hydroxylation sites is 1. The van der Waals surface area contributed by atoms with Gasteiger partial charge in [-0.25, -0.2) is 0 Å². The third kappa shape index (κ3) is 6.57. The quantitative estimate of drug-likeness (QED) is 0.158. The van der Waals surface area contributed by atoms with Crippen LogP contribution in [-0.4, -0.2) is 0 Å². The second-order valence-electron chi connectivity index (χ2n) is 17.7. The Morgan fingerprint density at radius 1 is 0.292 bits per heavy atom. The standard InChI is InChI=1S/C63H46N2/c1-63(2)59-23-13-11-21-55(59)57-42-52(38-39-60(57)63)65-61-24-14-12-22-56(61)53-19-9-10-20-54(53)58-41-48(31-40-62(58)65)47-29-36-51(37-30-47)64(49-32-25-45(26-33-49)43-15-5-3-6-16-43)50-34-27-46(28-35-50)44-17-7-4-8-18-44/h3-42H,1-2H3. The SMILES string of the molecule is CC1(C)c2ccccc2-c2cc(N3c4ccccc4-c4ccccc4-c4cc(-c5ccc(N(c6ccc(-c7ccccc7)cc6)c6ccc(-c7ccccc7)cc6)cc5)ccc43)ccc21. The van der Waals surface area contributed by atoms with E-state index in [4.69, 9.17) is 0 Å². The maximum Gasteiger partial charge on any atom is 0.0540 e. The first-order valence-corrected chi connectivity index (χ1v) is 22.6. The first kappa shape index (κ1) is 38.5. The Morgan fingerprint density at radius 3 is 1.29 bits per heavy atom. The third-order valence-electron chi connectivity index (χ3n) is 13.6. The fourth-order valence-electron chi connectivity index (χ4n) is 10.3. The summed E-state index contributed by atoms with van der Waals surface area (Å²) in [5, 5.41) is 0. The average Bonchev–Trinajstić information content (AvgIpc) is 3.52. The molecule has 2 heteroatoms. The molecule has 0 unspecified atom stereocenters. The van der Waals surface area contributed by atoms with E-state index in [0.717, 1.165) is 34.0 Å². The van der Waals surface area contributed by atoms with Crippen LogP contribution in [0.25, 0.3) is 66.8 Å². The number of benzene rings is 10. The van der Waals surface area contributed by atoms with Gasteiger partial charge >= 0.3 is 0 Å². The summed E-state index contributed by atoms with van der Waals surface area (Å²) in [6.45, 7) is 4.70. The van der Waals surface area contributed by atoms with Crippen molar-refractivity contribution in [3.63, 3.8) is 0 Å². The molecule has 0 bridgehead atoms. The van der Waals surface area contributed by atoms with Gasteiger partial charge in [0.05, 0.1) is 11.4 Å². The van der Waals surface area contributed by atoms with Crippen molar-refractivity contribution in [1.29, 1.82) is 0 Å². The molecule has 0 saturated carbocycles. The third-order valence-corrected chi connectivity index (χ3v) is 13.6. The topological polar surface area (TPSA) is 6.48 Å². The predicted molar refractivity (Wildman–Crippen MR) is 274 cm³/mol. The summed E-state index contributed by atoms with van der Waals surface area (Å²) in [5.41, 5.74) is 24.2. The lowest BCUT2D eigenvalue weighted by Gasteiger charge is -2.29. The van der Waals surface area contributed by atoms with Crippen LogP contribution in [0.5, 0.6) is 0 Å². The minimum Gasteiger partial charge on any atom is -0.311 e. The summed E-state index contributed by atoms with van der Waals surface area (Å²) in [4.78, 5) is 4.83. The molecule has 1 heterocycles. The number of anilines is 6. The lowest BCUT2D eigenvalue weighted by atomic mass is 9.82. The van der Waals surface area contributed by atoms with Crippen molar-refractivity contribution in [2.24, 2.45) is 0 Å². The molecule has 12 rings (SSSR count).